The number of aromatic nitrogens is 1. The summed E-state index contributed by atoms with van der Waals surface area (Å²) >= 11 is 0. The summed E-state index contributed by atoms with van der Waals surface area (Å²) in [5, 5.41) is 2.86. The van der Waals surface area contributed by atoms with Crippen LogP contribution in [0.3, 0.4) is 0 Å². The molecule has 2 aliphatic heterocycles. The maximum atomic E-state index is 12.4. The first-order chi connectivity index (χ1) is 13.7. The highest BCUT2D eigenvalue weighted by atomic mass is 16.5. The Bertz CT molecular complexity index is 853. The van der Waals surface area contributed by atoms with Crippen LogP contribution in [0.15, 0.2) is 42.7 Å². The molecule has 0 atom stereocenters. The fourth-order valence-corrected chi connectivity index (χ4v) is 3.30. The van der Waals surface area contributed by atoms with Crippen LogP contribution in [0.2, 0.25) is 0 Å². The number of rotatable bonds is 5. The Morgan fingerprint density at radius 1 is 1.11 bits per heavy atom. The topological polar surface area (TPSA) is 84.0 Å². The van der Waals surface area contributed by atoms with Crippen LogP contribution in [0.1, 0.15) is 10.4 Å². The largest absolute Gasteiger partial charge is 0.482 e. The molecule has 1 aromatic heterocycles. The van der Waals surface area contributed by atoms with Crippen molar-refractivity contribution in [3.8, 4) is 5.75 Å². The summed E-state index contributed by atoms with van der Waals surface area (Å²) in [7, 11) is 0. The first kappa shape index (κ1) is 18.4. The lowest BCUT2D eigenvalue weighted by atomic mass is 10.2. The van der Waals surface area contributed by atoms with Gasteiger partial charge in [-0.05, 0) is 30.3 Å². The van der Waals surface area contributed by atoms with E-state index >= 15 is 0 Å². The van der Waals surface area contributed by atoms with Crippen LogP contribution < -0.4 is 15.0 Å². The molecule has 0 aliphatic carbocycles. The highest BCUT2D eigenvalue weighted by molar-refractivity contribution is 6.05. The molecule has 2 aliphatic rings. The third-order valence-electron chi connectivity index (χ3n) is 4.85. The van der Waals surface area contributed by atoms with Crippen LogP contribution in [0.4, 0.5) is 11.4 Å². The SMILES string of the molecule is O=C(Nc1ccc2c(c1)N(CCN1CCOCC1)C(=O)CO2)c1ccncc1. The molecule has 8 heteroatoms. The third-order valence-corrected chi connectivity index (χ3v) is 4.85. The highest BCUT2D eigenvalue weighted by Gasteiger charge is 2.26. The van der Waals surface area contributed by atoms with Crippen molar-refractivity contribution < 1.29 is 19.1 Å². The second-order valence-corrected chi connectivity index (χ2v) is 6.66. The number of hydrogen-bond acceptors (Lipinski definition) is 6. The van der Waals surface area contributed by atoms with Gasteiger partial charge in [0.05, 0.1) is 18.9 Å². The number of nitrogens with zero attached hydrogens (tertiary/aromatic N) is 3. The molecule has 4 rings (SSSR count). The normalized spacial score (nSPS) is 17.0. The van der Waals surface area contributed by atoms with Gasteiger partial charge in [-0.3, -0.25) is 19.5 Å². The molecule has 1 N–H and O–H groups in total. The maximum absolute atomic E-state index is 12.4. The molecule has 1 fully saturated rings. The predicted octanol–water partition coefficient (Wildman–Crippen LogP) is 1.39. The Balaban J connectivity index is 1.49. The lowest BCUT2D eigenvalue weighted by Gasteiger charge is -2.33. The first-order valence-corrected chi connectivity index (χ1v) is 9.29. The average Bonchev–Trinajstić information content (AvgIpc) is 2.74. The van der Waals surface area contributed by atoms with E-state index < -0.39 is 0 Å². The van der Waals surface area contributed by atoms with Gasteiger partial charge in [0.15, 0.2) is 6.61 Å². The Kier molecular flexibility index (Phi) is 5.50. The number of anilines is 2. The number of hydrogen-bond donors (Lipinski definition) is 1. The summed E-state index contributed by atoms with van der Waals surface area (Å²) in [5.41, 5.74) is 1.80. The Morgan fingerprint density at radius 3 is 2.68 bits per heavy atom. The quantitative estimate of drug-likeness (QED) is 0.841. The summed E-state index contributed by atoms with van der Waals surface area (Å²) in [5.74, 6) is 0.326. The summed E-state index contributed by atoms with van der Waals surface area (Å²) < 4.78 is 10.9. The van der Waals surface area contributed by atoms with Crippen LogP contribution in [-0.2, 0) is 9.53 Å². The van der Waals surface area contributed by atoms with Gasteiger partial charge in [0.1, 0.15) is 5.75 Å². The number of morpholine rings is 1. The Labute approximate surface area is 163 Å². The molecule has 28 heavy (non-hydrogen) atoms. The van der Waals surface area contributed by atoms with Gasteiger partial charge in [0, 0.05) is 49.8 Å². The van der Waals surface area contributed by atoms with E-state index in [2.05, 4.69) is 15.2 Å². The maximum Gasteiger partial charge on any atom is 0.265 e. The zero-order valence-electron chi connectivity index (χ0n) is 15.5. The second-order valence-electron chi connectivity index (χ2n) is 6.66. The summed E-state index contributed by atoms with van der Waals surface area (Å²) in [4.78, 5) is 32.8. The fourth-order valence-electron chi connectivity index (χ4n) is 3.30. The third kappa shape index (κ3) is 4.13. The van der Waals surface area contributed by atoms with E-state index in [1.54, 1.807) is 47.6 Å². The zero-order valence-corrected chi connectivity index (χ0v) is 15.5. The van der Waals surface area contributed by atoms with Gasteiger partial charge in [0.25, 0.3) is 11.8 Å². The number of nitrogens with one attached hydrogen (secondary N) is 1. The number of pyridine rings is 1. The zero-order chi connectivity index (χ0) is 19.3. The number of carbonyl (C=O) groups is 2. The van der Waals surface area contributed by atoms with E-state index in [0.717, 1.165) is 32.8 Å². The fraction of sp³-hybridized carbons (Fsp3) is 0.350. The van der Waals surface area contributed by atoms with Crippen LogP contribution in [0, 0.1) is 0 Å². The standard InChI is InChI=1S/C20H22N4O4/c25-19-14-28-18-2-1-16(22-20(26)15-3-5-21-6-4-15)13-17(18)24(19)8-7-23-9-11-27-12-10-23/h1-6,13H,7-12,14H2,(H,22,26). The van der Waals surface area contributed by atoms with Crippen molar-refractivity contribution >= 4 is 23.2 Å². The molecule has 3 heterocycles. The van der Waals surface area contributed by atoms with Gasteiger partial charge in [-0.1, -0.05) is 0 Å². The molecule has 0 spiro atoms. The average molecular weight is 382 g/mol. The first-order valence-electron chi connectivity index (χ1n) is 9.29. The van der Waals surface area contributed by atoms with E-state index in [-0.39, 0.29) is 18.4 Å². The van der Waals surface area contributed by atoms with Crippen LogP contribution in [0.25, 0.3) is 0 Å². The van der Waals surface area contributed by atoms with Gasteiger partial charge in [-0.2, -0.15) is 0 Å². The van der Waals surface area contributed by atoms with Crippen molar-refractivity contribution in [2.45, 2.75) is 0 Å². The Hall–Kier alpha value is -2.97. The summed E-state index contributed by atoms with van der Waals surface area (Å²) in [6.07, 6.45) is 3.14. The number of fused-ring (bicyclic) bond motifs is 1. The number of amides is 2. The Morgan fingerprint density at radius 2 is 1.89 bits per heavy atom. The van der Waals surface area contributed by atoms with Crippen LogP contribution >= 0.6 is 0 Å². The minimum absolute atomic E-state index is 0.0266. The van der Waals surface area contributed by atoms with Crippen LogP contribution in [0.5, 0.6) is 5.75 Å². The van der Waals surface area contributed by atoms with Gasteiger partial charge in [-0.25, -0.2) is 0 Å². The summed E-state index contributed by atoms with van der Waals surface area (Å²) in [6.45, 7) is 4.54. The van der Waals surface area contributed by atoms with Crippen LogP contribution in [-0.4, -0.2) is 67.7 Å². The molecule has 8 nitrogen and oxygen atoms in total. The molecule has 146 valence electrons. The van der Waals surface area contributed by atoms with E-state index in [4.69, 9.17) is 9.47 Å². The smallest absolute Gasteiger partial charge is 0.265 e. The van der Waals surface area contributed by atoms with Crippen molar-refractivity contribution in [3.05, 3.63) is 48.3 Å². The second kappa shape index (κ2) is 8.37. The molecule has 0 unspecified atom stereocenters. The van der Waals surface area contributed by atoms with Gasteiger partial charge in [0.2, 0.25) is 0 Å². The van der Waals surface area contributed by atoms with E-state index in [1.165, 1.54) is 0 Å². The molecule has 0 radical (unpaired) electrons. The molecular formula is C20H22N4O4. The highest BCUT2D eigenvalue weighted by Crippen LogP contribution is 2.34. The number of ether oxygens (including phenoxy) is 2. The minimum Gasteiger partial charge on any atom is -0.482 e. The molecule has 2 amide bonds. The lowest BCUT2D eigenvalue weighted by molar-refractivity contribution is -0.121. The molecule has 1 saturated heterocycles. The number of carbonyl (C=O) groups excluding carboxylic acids is 2. The predicted molar refractivity (Wildman–Crippen MR) is 104 cm³/mol. The van der Waals surface area contributed by atoms with Crippen molar-refractivity contribution in [3.63, 3.8) is 0 Å². The van der Waals surface area contributed by atoms with Crippen molar-refractivity contribution in [2.75, 3.05) is 56.2 Å². The van der Waals surface area contributed by atoms with E-state index in [0.29, 0.717) is 29.2 Å². The monoisotopic (exact) mass is 382 g/mol. The molecule has 1 aromatic carbocycles. The van der Waals surface area contributed by atoms with Crippen molar-refractivity contribution in [2.24, 2.45) is 0 Å². The summed E-state index contributed by atoms with van der Waals surface area (Å²) in [6, 6.07) is 8.63. The molecular weight excluding hydrogens is 360 g/mol. The van der Waals surface area contributed by atoms with E-state index in [1.807, 2.05) is 0 Å². The van der Waals surface area contributed by atoms with Crippen molar-refractivity contribution in [1.29, 1.82) is 0 Å². The van der Waals surface area contributed by atoms with Gasteiger partial charge >= 0.3 is 0 Å². The molecule has 2 aromatic rings. The molecule has 0 saturated carbocycles. The molecule has 0 bridgehead atoms. The number of benzene rings is 1. The van der Waals surface area contributed by atoms with Crippen molar-refractivity contribution in [1.82, 2.24) is 9.88 Å². The van der Waals surface area contributed by atoms with Gasteiger partial charge < -0.3 is 19.7 Å². The van der Waals surface area contributed by atoms with Gasteiger partial charge in [-0.15, -0.1) is 0 Å². The minimum atomic E-state index is -0.231. The lowest BCUT2D eigenvalue weighted by Crippen LogP contribution is -2.45. The van der Waals surface area contributed by atoms with E-state index in [9.17, 15) is 9.59 Å².